The minimum atomic E-state index is -0.346. The Bertz CT molecular complexity index is 557. The maximum Gasteiger partial charge on any atom is 0.141 e. The highest BCUT2D eigenvalue weighted by Crippen LogP contribution is 2.23. The zero-order chi connectivity index (χ0) is 14.5. The van der Waals surface area contributed by atoms with Crippen molar-refractivity contribution in [1.29, 1.82) is 0 Å². The Morgan fingerprint density at radius 1 is 1.20 bits per heavy atom. The molecule has 0 bridgehead atoms. The average molecular weight is 275 g/mol. The van der Waals surface area contributed by atoms with Gasteiger partial charge in [-0.05, 0) is 37.6 Å². The normalized spacial score (nSPS) is 12.4. The molecular formula is C15H18FN3O. The monoisotopic (exact) mass is 275 g/mol. The van der Waals surface area contributed by atoms with Gasteiger partial charge < -0.3 is 10.1 Å². The van der Waals surface area contributed by atoms with Gasteiger partial charge in [0.15, 0.2) is 0 Å². The van der Waals surface area contributed by atoms with E-state index in [0.717, 1.165) is 11.3 Å². The Labute approximate surface area is 118 Å². The van der Waals surface area contributed by atoms with Crippen LogP contribution >= 0.6 is 0 Å². The third-order valence-electron chi connectivity index (χ3n) is 2.85. The van der Waals surface area contributed by atoms with Crippen LogP contribution in [0.4, 0.5) is 4.39 Å². The molecule has 2 heterocycles. The van der Waals surface area contributed by atoms with Crippen LogP contribution < -0.4 is 10.1 Å². The molecule has 0 radical (unpaired) electrons. The van der Waals surface area contributed by atoms with Crippen LogP contribution in [0, 0.1) is 5.82 Å². The van der Waals surface area contributed by atoms with Gasteiger partial charge in [0.25, 0.3) is 0 Å². The lowest BCUT2D eigenvalue weighted by molar-refractivity contribution is 0.411. The summed E-state index contributed by atoms with van der Waals surface area (Å²) in [5, 5.41) is 3.40. The zero-order valence-electron chi connectivity index (χ0n) is 11.8. The Balaban J connectivity index is 2.38. The van der Waals surface area contributed by atoms with Gasteiger partial charge in [-0.3, -0.25) is 9.97 Å². The number of methoxy groups -OCH3 is 1. The molecule has 0 aliphatic heterocycles. The van der Waals surface area contributed by atoms with Gasteiger partial charge in [0, 0.05) is 12.2 Å². The van der Waals surface area contributed by atoms with Crippen LogP contribution in [0.3, 0.4) is 0 Å². The molecule has 20 heavy (non-hydrogen) atoms. The largest absolute Gasteiger partial charge is 0.495 e. The number of hydrogen-bond acceptors (Lipinski definition) is 4. The first kappa shape index (κ1) is 14.4. The molecule has 5 heteroatoms. The molecule has 0 aliphatic carbocycles. The van der Waals surface area contributed by atoms with Crippen molar-refractivity contribution in [3.63, 3.8) is 0 Å². The molecule has 0 amide bonds. The molecule has 4 nitrogen and oxygen atoms in total. The van der Waals surface area contributed by atoms with Crippen LogP contribution in [-0.2, 0) is 0 Å². The van der Waals surface area contributed by atoms with Crippen molar-refractivity contribution in [2.24, 2.45) is 0 Å². The number of halogens is 1. The van der Waals surface area contributed by atoms with Gasteiger partial charge in [-0.2, -0.15) is 0 Å². The first-order chi connectivity index (χ1) is 9.60. The molecule has 0 spiro atoms. The third kappa shape index (κ3) is 3.51. The maximum atomic E-state index is 13.0. The van der Waals surface area contributed by atoms with Gasteiger partial charge in [-0.25, -0.2) is 4.39 Å². The van der Waals surface area contributed by atoms with Crippen molar-refractivity contribution < 1.29 is 9.13 Å². The van der Waals surface area contributed by atoms with Crippen LogP contribution in [0.25, 0.3) is 0 Å². The molecule has 0 saturated carbocycles. The van der Waals surface area contributed by atoms with Crippen LogP contribution in [0.15, 0.2) is 36.8 Å². The van der Waals surface area contributed by atoms with Crippen molar-refractivity contribution in [3.05, 3.63) is 53.9 Å². The smallest absolute Gasteiger partial charge is 0.141 e. The fraction of sp³-hybridized carbons (Fsp3) is 0.333. The lowest BCUT2D eigenvalue weighted by atomic mass is 10.0. The summed E-state index contributed by atoms with van der Waals surface area (Å²) in [6.07, 6.45) is 4.62. The summed E-state index contributed by atoms with van der Waals surface area (Å²) in [6.45, 7) is 4.09. The van der Waals surface area contributed by atoms with E-state index in [0.29, 0.717) is 5.75 Å². The number of nitrogens with zero attached hydrogens (tertiary/aromatic N) is 2. The Morgan fingerprint density at radius 2 is 2.00 bits per heavy atom. The fourth-order valence-corrected chi connectivity index (χ4v) is 1.95. The van der Waals surface area contributed by atoms with E-state index in [1.54, 1.807) is 25.6 Å². The van der Waals surface area contributed by atoms with E-state index in [-0.39, 0.29) is 17.9 Å². The predicted octanol–water partition coefficient (Wildman–Crippen LogP) is 2.71. The highest BCUT2D eigenvalue weighted by Gasteiger charge is 2.17. The second-order valence-electron chi connectivity index (χ2n) is 4.81. The second kappa shape index (κ2) is 6.43. The summed E-state index contributed by atoms with van der Waals surface area (Å²) in [6, 6.07) is 5.08. The SMILES string of the molecule is COc1cncc(C(NC(C)C)c2ccc(F)cn2)c1. The molecule has 0 saturated heterocycles. The third-order valence-corrected chi connectivity index (χ3v) is 2.85. The maximum absolute atomic E-state index is 13.0. The topological polar surface area (TPSA) is 47.0 Å². The van der Waals surface area contributed by atoms with E-state index >= 15 is 0 Å². The van der Waals surface area contributed by atoms with Crippen LogP contribution in [0.2, 0.25) is 0 Å². The summed E-state index contributed by atoms with van der Waals surface area (Å²) < 4.78 is 18.2. The van der Waals surface area contributed by atoms with Crippen LogP contribution in [0.5, 0.6) is 5.75 Å². The number of pyridine rings is 2. The van der Waals surface area contributed by atoms with Gasteiger partial charge in [0.1, 0.15) is 11.6 Å². The standard InChI is InChI=1S/C15H18FN3O/c1-10(2)19-15(14-5-4-12(16)8-18-14)11-6-13(20-3)9-17-7-11/h4-10,15,19H,1-3H3. The minimum absolute atomic E-state index is 0.154. The first-order valence-electron chi connectivity index (χ1n) is 6.46. The molecule has 0 aromatic carbocycles. The number of hydrogen-bond donors (Lipinski definition) is 1. The highest BCUT2D eigenvalue weighted by molar-refractivity contribution is 5.31. The molecule has 106 valence electrons. The van der Waals surface area contributed by atoms with Crippen molar-refractivity contribution in [3.8, 4) is 5.75 Å². The molecule has 2 aromatic heterocycles. The lowest BCUT2D eigenvalue weighted by Gasteiger charge is -2.21. The Hall–Kier alpha value is -2.01. The van der Waals surface area contributed by atoms with Crippen LogP contribution in [-0.4, -0.2) is 23.1 Å². The van der Waals surface area contributed by atoms with Gasteiger partial charge in [-0.15, -0.1) is 0 Å². The highest BCUT2D eigenvalue weighted by atomic mass is 19.1. The molecular weight excluding hydrogens is 257 g/mol. The molecule has 0 aliphatic rings. The molecule has 2 aromatic rings. The summed E-state index contributed by atoms with van der Waals surface area (Å²) in [4.78, 5) is 8.32. The fourth-order valence-electron chi connectivity index (χ4n) is 1.95. The average Bonchev–Trinajstić information content (AvgIpc) is 2.46. The number of ether oxygens (including phenoxy) is 1. The number of rotatable bonds is 5. The summed E-state index contributed by atoms with van der Waals surface area (Å²) in [7, 11) is 1.60. The lowest BCUT2D eigenvalue weighted by Crippen LogP contribution is -2.29. The first-order valence-corrected chi connectivity index (χ1v) is 6.46. The molecule has 2 rings (SSSR count). The molecule has 1 atom stereocenters. The Morgan fingerprint density at radius 3 is 2.60 bits per heavy atom. The van der Waals surface area contributed by atoms with E-state index in [1.165, 1.54) is 12.3 Å². The minimum Gasteiger partial charge on any atom is -0.495 e. The van der Waals surface area contributed by atoms with Gasteiger partial charge in [-0.1, -0.05) is 0 Å². The van der Waals surface area contributed by atoms with Crippen molar-refractivity contribution in [1.82, 2.24) is 15.3 Å². The summed E-state index contributed by atoms with van der Waals surface area (Å²) >= 11 is 0. The summed E-state index contributed by atoms with van der Waals surface area (Å²) in [5.41, 5.74) is 1.67. The van der Waals surface area contributed by atoms with Gasteiger partial charge in [0.2, 0.25) is 0 Å². The quantitative estimate of drug-likeness (QED) is 0.911. The number of nitrogens with one attached hydrogen (secondary N) is 1. The number of aromatic nitrogens is 2. The van der Waals surface area contributed by atoms with E-state index in [9.17, 15) is 4.39 Å². The van der Waals surface area contributed by atoms with Crippen molar-refractivity contribution in [2.45, 2.75) is 25.9 Å². The van der Waals surface area contributed by atoms with E-state index in [1.807, 2.05) is 19.9 Å². The van der Waals surface area contributed by atoms with E-state index in [4.69, 9.17) is 4.74 Å². The Kier molecular flexibility index (Phi) is 4.63. The van der Waals surface area contributed by atoms with Crippen molar-refractivity contribution in [2.75, 3.05) is 7.11 Å². The van der Waals surface area contributed by atoms with Crippen molar-refractivity contribution >= 4 is 0 Å². The van der Waals surface area contributed by atoms with E-state index in [2.05, 4.69) is 15.3 Å². The molecule has 1 N–H and O–H groups in total. The van der Waals surface area contributed by atoms with Gasteiger partial charge >= 0.3 is 0 Å². The molecule has 1 unspecified atom stereocenters. The molecule has 0 fully saturated rings. The zero-order valence-corrected chi connectivity index (χ0v) is 11.8. The van der Waals surface area contributed by atoms with Crippen LogP contribution in [0.1, 0.15) is 31.1 Å². The predicted molar refractivity (Wildman–Crippen MR) is 75.1 cm³/mol. The summed E-state index contributed by atoms with van der Waals surface area (Å²) in [5.74, 6) is 0.334. The second-order valence-corrected chi connectivity index (χ2v) is 4.81. The van der Waals surface area contributed by atoms with Gasteiger partial charge in [0.05, 0.1) is 31.2 Å². The van der Waals surface area contributed by atoms with E-state index < -0.39 is 0 Å².